The number of nitrogens with one attached hydrogen (secondary N) is 2. The van der Waals surface area contributed by atoms with E-state index >= 15 is 0 Å². The van der Waals surface area contributed by atoms with Gasteiger partial charge in [0.15, 0.2) is 0 Å². The van der Waals surface area contributed by atoms with Crippen LogP contribution >= 0.6 is 0 Å². The summed E-state index contributed by atoms with van der Waals surface area (Å²) in [6.07, 6.45) is 0.920. The Labute approximate surface area is 105 Å². The quantitative estimate of drug-likeness (QED) is 0.763. The maximum absolute atomic E-state index is 11.6. The fourth-order valence-corrected chi connectivity index (χ4v) is 1.98. The van der Waals surface area contributed by atoms with Crippen molar-refractivity contribution in [2.75, 3.05) is 7.11 Å². The Hall–Kier alpha value is -2.01. The molecule has 0 unspecified atom stereocenters. The largest absolute Gasteiger partial charge is 0.496 e. The van der Waals surface area contributed by atoms with E-state index in [2.05, 4.69) is 17.1 Å². The van der Waals surface area contributed by atoms with E-state index in [1.54, 1.807) is 7.11 Å². The number of aromatic amines is 2. The van der Waals surface area contributed by atoms with Gasteiger partial charge in [0.2, 0.25) is 0 Å². The molecule has 5 heteroatoms. The van der Waals surface area contributed by atoms with Crippen molar-refractivity contribution >= 4 is 0 Å². The Balaban J connectivity index is 2.64. The summed E-state index contributed by atoms with van der Waals surface area (Å²) in [7, 11) is 1.61. The van der Waals surface area contributed by atoms with Gasteiger partial charge in [-0.25, -0.2) is 0 Å². The molecule has 4 N–H and O–H groups in total. The van der Waals surface area contributed by atoms with Gasteiger partial charge in [-0.15, -0.1) is 0 Å². The number of hydrogen-bond donors (Lipinski definition) is 3. The molecular weight excluding hydrogens is 230 g/mol. The highest BCUT2D eigenvalue weighted by atomic mass is 16.5. The molecule has 96 valence electrons. The van der Waals surface area contributed by atoms with Gasteiger partial charge in [0.05, 0.1) is 18.4 Å². The van der Waals surface area contributed by atoms with E-state index in [1.807, 2.05) is 18.2 Å². The Morgan fingerprint density at radius 2 is 2.11 bits per heavy atom. The molecular formula is C13H17N3O2. The number of aryl methyl sites for hydroxylation is 1. The lowest BCUT2D eigenvalue weighted by Gasteiger charge is -2.10. The van der Waals surface area contributed by atoms with Crippen molar-refractivity contribution in [3.63, 3.8) is 0 Å². The number of H-pyrrole nitrogens is 2. The summed E-state index contributed by atoms with van der Waals surface area (Å²) in [6, 6.07) is 5.92. The number of rotatable bonds is 4. The normalized spacial score (nSPS) is 10.6. The molecule has 1 aromatic carbocycles. The van der Waals surface area contributed by atoms with Crippen molar-refractivity contribution in [1.82, 2.24) is 10.2 Å². The summed E-state index contributed by atoms with van der Waals surface area (Å²) in [4.78, 5) is 11.6. The molecule has 0 saturated heterocycles. The van der Waals surface area contributed by atoms with E-state index in [9.17, 15) is 4.79 Å². The molecule has 18 heavy (non-hydrogen) atoms. The molecule has 1 aromatic heterocycles. The number of benzene rings is 1. The van der Waals surface area contributed by atoms with Gasteiger partial charge < -0.3 is 10.5 Å². The number of nitrogens with two attached hydrogens (primary N) is 1. The minimum absolute atomic E-state index is 0.184. The molecule has 2 rings (SSSR count). The molecule has 0 fully saturated rings. The van der Waals surface area contributed by atoms with Crippen LogP contribution in [0.2, 0.25) is 0 Å². The van der Waals surface area contributed by atoms with Crippen LogP contribution in [-0.4, -0.2) is 17.3 Å². The Bertz CT molecular complexity index is 599. The smallest absolute Gasteiger partial charge is 0.269 e. The number of ether oxygens (including phenoxy) is 1. The first-order valence-electron chi connectivity index (χ1n) is 5.88. The minimum Gasteiger partial charge on any atom is -0.496 e. The van der Waals surface area contributed by atoms with Gasteiger partial charge in [0.1, 0.15) is 5.75 Å². The molecule has 0 aliphatic heterocycles. The van der Waals surface area contributed by atoms with E-state index in [4.69, 9.17) is 10.5 Å². The Morgan fingerprint density at radius 3 is 2.72 bits per heavy atom. The fourth-order valence-electron chi connectivity index (χ4n) is 1.98. The average molecular weight is 247 g/mol. The first kappa shape index (κ1) is 12.4. The van der Waals surface area contributed by atoms with E-state index in [0.29, 0.717) is 11.3 Å². The predicted octanol–water partition coefficient (Wildman–Crippen LogP) is 1.40. The predicted molar refractivity (Wildman–Crippen MR) is 70.7 cm³/mol. The lowest BCUT2D eigenvalue weighted by Crippen LogP contribution is -2.10. The van der Waals surface area contributed by atoms with Crippen LogP contribution in [0.15, 0.2) is 23.0 Å². The lowest BCUT2D eigenvalue weighted by atomic mass is 10.0. The second-order valence-corrected chi connectivity index (χ2v) is 4.02. The molecule has 2 aromatic rings. The molecule has 0 saturated carbocycles. The zero-order valence-corrected chi connectivity index (χ0v) is 10.5. The van der Waals surface area contributed by atoms with Gasteiger partial charge >= 0.3 is 0 Å². The Kier molecular flexibility index (Phi) is 3.53. The van der Waals surface area contributed by atoms with Gasteiger partial charge in [0, 0.05) is 12.1 Å². The molecule has 0 amide bonds. The third kappa shape index (κ3) is 2.04. The molecule has 0 atom stereocenters. The zero-order valence-electron chi connectivity index (χ0n) is 10.5. The first-order valence-corrected chi connectivity index (χ1v) is 5.88. The van der Waals surface area contributed by atoms with E-state index in [-0.39, 0.29) is 12.1 Å². The van der Waals surface area contributed by atoms with Crippen LogP contribution in [0.5, 0.6) is 5.75 Å². The molecule has 0 aliphatic carbocycles. The fraction of sp³-hybridized carbons (Fsp3) is 0.308. The topological polar surface area (TPSA) is 83.9 Å². The van der Waals surface area contributed by atoms with Crippen LogP contribution in [-0.2, 0) is 13.0 Å². The van der Waals surface area contributed by atoms with Gasteiger partial charge in [-0.05, 0) is 24.1 Å². The average Bonchev–Trinajstić information content (AvgIpc) is 2.78. The third-order valence-electron chi connectivity index (χ3n) is 3.02. The van der Waals surface area contributed by atoms with Crippen molar-refractivity contribution in [3.8, 4) is 17.0 Å². The molecule has 0 aliphatic rings. The maximum Gasteiger partial charge on any atom is 0.269 e. The summed E-state index contributed by atoms with van der Waals surface area (Å²) in [5, 5.41) is 5.43. The standard InChI is InChI=1S/C13H17N3O2/c1-3-8-4-5-11(18-2)9(6-8)12-10(7-14)13(17)16-15-12/h4-6H,3,7,14H2,1-2H3,(H2,15,16,17). The Morgan fingerprint density at radius 1 is 1.33 bits per heavy atom. The molecule has 5 nitrogen and oxygen atoms in total. The number of methoxy groups -OCH3 is 1. The van der Waals surface area contributed by atoms with Crippen molar-refractivity contribution in [2.24, 2.45) is 5.73 Å². The summed E-state index contributed by atoms with van der Waals surface area (Å²) in [6.45, 7) is 2.27. The SMILES string of the molecule is CCc1ccc(OC)c(-c2[nH][nH]c(=O)c2CN)c1. The second kappa shape index (κ2) is 5.10. The van der Waals surface area contributed by atoms with Crippen LogP contribution in [0, 0.1) is 0 Å². The van der Waals surface area contributed by atoms with E-state index in [1.165, 1.54) is 5.56 Å². The zero-order chi connectivity index (χ0) is 13.1. The molecule has 0 radical (unpaired) electrons. The van der Waals surface area contributed by atoms with Crippen LogP contribution in [0.25, 0.3) is 11.3 Å². The summed E-state index contributed by atoms with van der Waals surface area (Å²) in [5.41, 5.74) is 8.71. The highest BCUT2D eigenvalue weighted by Gasteiger charge is 2.14. The first-order chi connectivity index (χ1) is 8.71. The van der Waals surface area contributed by atoms with Crippen molar-refractivity contribution < 1.29 is 4.74 Å². The van der Waals surface area contributed by atoms with Gasteiger partial charge in [0.25, 0.3) is 5.56 Å². The van der Waals surface area contributed by atoms with Gasteiger partial charge in [-0.3, -0.25) is 15.0 Å². The minimum atomic E-state index is -0.184. The highest BCUT2D eigenvalue weighted by Crippen LogP contribution is 2.30. The summed E-state index contributed by atoms with van der Waals surface area (Å²) >= 11 is 0. The van der Waals surface area contributed by atoms with Crippen LogP contribution < -0.4 is 16.0 Å². The molecule has 1 heterocycles. The van der Waals surface area contributed by atoms with Gasteiger partial charge in [-0.1, -0.05) is 13.0 Å². The van der Waals surface area contributed by atoms with E-state index < -0.39 is 0 Å². The molecule has 0 bridgehead atoms. The number of hydrogen-bond acceptors (Lipinski definition) is 3. The van der Waals surface area contributed by atoms with Crippen LogP contribution in [0.4, 0.5) is 0 Å². The highest BCUT2D eigenvalue weighted by molar-refractivity contribution is 5.70. The maximum atomic E-state index is 11.6. The van der Waals surface area contributed by atoms with Crippen molar-refractivity contribution in [2.45, 2.75) is 19.9 Å². The third-order valence-corrected chi connectivity index (χ3v) is 3.02. The monoisotopic (exact) mass is 247 g/mol. The van der Waals surface area contributed by atoms with Crippen LogP contribution in [0.3, 0.4) is 0 Å². The van der Waals surface area contributed by atoms with Crippen molar-refractivity contribution in [3.05, 3.63) is 39.7 Å². The van der Waals surface area contributed by atoms with E-state index in [0.717, 1.165) is 17.7 Å². The molecule has 0 spiro atoms. The second-order valence-electron chi connectivity index (χ2n) is 4.02. The van der Waals surface area contributed by atoms with Gasteiger partial charge in [-0.2, -0.15) is 0 Å². The number of aromatic nitrogens is 2. The summed E-state index contributed by atoms with van der Waals surface area (Å²) < 4.78 is 5.33. The van der Waals surface area contributed by atoms with Crippen molar-refractivity contribution in [1.29, 1.82) is 0 Å². The van der Waals surface area contributed by atoms with Crippen LogP contribution in [0.1, 0.15) is 18.1 Å². The summed E-state index contributed by atoms with van der Waals surface area (Å²) in [5.74, 6) is 0.720. The lowest BCUT2D eigenvalue weighted by molar-refractivity contribution is 0.416.